The van der Waals surface area contributed by atoms with Crippen molar-refractivity contribution in [2.24, 2.45) is 0 Å². The van der Waals surface area contributed by atoms with Gasteiger partial charge in [-0.25, -0.2) is 4.98 Å². The Bertz CT molecular complexity index is 474. The molecule has 0 aromatic carbocycles. The molecule has 0 saturated heterocycles. The van der Waals surface area contributed by atoms with Gasteiger partial charge < -0.3 is 10.1 Å². The SMILES string of the molecule is C=CCNc1nc(C(C)C)nc(OCC)c1[N+](=O)[O-]. The van der Waals surface area contributed by atoms with Crippen LogP contribution in [0.2, 0.25) is 0 Å². The van der Waals surface area contributed by atoms with Crippen LogP contribution in [0.15, 0.2) is 12.7 Å². The lowest BCUT2D eigenvalue weighted by molar-refractivity contribution is -0.385. The highest BCUT2D eigenvalue weighted by atomic mass is 16.6. The van der Waals surface area contributed by atoms with Crippen LogP contribution >= 0.6 is 0 Å². The van der Waals surface area contributed by atoms with E-state index in [9.17, 15) is 10.1 Å². The van der Waals surface area contributed by atoms with Crippen molar-refractivity contribution >= 4 is 11.5 Å². The molecule has 0 fully saturated rings. The van der Waals surface area contributed by atoms with E-state index in [0.717, 1.165) is 0 Å². The van der Waals surface area contributed by atoms with E-state index in [-0.39, 0.29) is 23.3 Å². The van der Waals surface area contributed by atoms with Gasteiger partial charge in [-0.15, -0.1) is 6.58 Å². The number of ether oxygens (including phenoxy) is 1. The summed E-state index contributed by atoms with van der Waals surface area (Å²) in [6.07, 6.45) is 1.60. The first-order valence-electron chi connectivity index (χ1n) is 6.05. The van der Waals surface area contributed by atoms with E-state index < -0.39 is 4.92 Å². The standard InChI is InChI=1S/C12H18N4O3/c1-5-7-13-11-9(16(17)18)12(19-6-2)15-10(14-11)8(3)4/h5,8H,1,6-7H2,2-4H3,(H,13,14,15). The lowest BCUT2D eigenvalue weighted by atomic mass is 10.2. The largest absolute Gasteiger partial charge is 0.473 e. The van der Waals surface area contributed by atoms with Crippen LogP contribution in [0.1, 0.15) is 32.5 Å². The molecule has 1 aromatic heterocycles. The van der Waals surface area contributed by atoms with Gasteiger partial charge in [0.1, 0.15) is 5.82 Å². The van der Waals surface area contributed by atoms with Crippen LogP contribution in [0, 0.1) is 10.1 Å². The Morgan fingerprint density at radius 1 is 1.53 bits per heavy atom. The highest BCUT2D eigenvalue weighted by Crippen LogP contribution is 2.33. The van der Waals surface area contributed by atoms with Gasteiger partial charge in [0.15, 0.2) is 0 Å². The zero-order chi connectivity index (χ0) is 14.4. The van der Waals surface area contributed by atoms with E-state index in [4.69, 9.17) is 4.74 Å². The second-order valence-electron chi connectivity index (χ2n) is 4.10. The maximum atomic E-state index is 11.1. The molecule has 1 N–H and O–H groups in total. The van der Waals surface area contributed by atoms with Crippen LogP contribution < -0.4 is 10.1 Å². The molecule has 0 atom stereocenters. The molecular formula is C12H18N4O3. The zero-order valence-electron chi connectivity index (χ0n) is 11.3. The normalized spacial score (nSPS) is 10.3. The molecule has 1 heterocycles. The van der Waals surface area contributed by atoms with E-state index in [2.05, 4.69) is 21.9 Å². The van der Waals surface area contributed by atoms with Gasteiger partial charge in [-0.2, -0.15) is 4.98 Å². The lowest BCUT2D eigenvalue weighted by Crippen LogP contribution is -2.11. The van der Waals surface area contributed by atoms with E-state index in [1.807, 2.05) is 13.8 Å². The summed E-state index contributed by atoms with van der Waals surface area (Å²) >= 11 is 0. The van der Waals surface area contributed by atoms with Crippen molar-refractivity contribution < 1.29 is 9.66 Å². The summed E-state index contributed by atoms with van der Waals surface area (Å²) in [5.41, 5.74) is -0.242. The van der Waals surface area contributed by atoms with Gasteiger partial charge in [0.05, 0.1) is 11.5 Å². The van der Waals surface area contributed by atoms with Gasteiger partial charge in [0.2, 0.25) is 5.82 Å². The average molecular weight is 266 g/mol. The minimum Gasteiger partial charge on any atom is -0.473 e. The summed E-state index contributed by atoms with van der Waals surface area (Å²) in [5, 5.41) is 14.0. The third-order valence-electron chi connectivity index (χ3n) is 2.26. The van der Waals surface area contributed by atoms with Crippen LogP contribution in [0.3, 0.4) is 0 Å². The molecule has 1 aromatic rings. The number of aromatic nitrogens is 2. The summed E-state index contributed by atoms with van der Waals surface area (Å²) in [6, 6.07) is 0. The number of anilines is 1. The fourth-order valence-corrected chi connectivity index (χ4v) is 1.40. The van der Waals surface area contributed by atoms with Gasteiger partial charge >= 0.3 is 5.69 Å². The minimum absolute atomic E-state index is 0.00207. The van der Waals surface area contributed by atoms with Crippen molar-refractivity contribution in [1.29, 1.82) is 0 Å². The Balaban J connectivity index is 3.36. The fourth-order valence-electron chi connectivity index (χ4n) is 1.40. The summed E-state index contributed by atoms with van der Waals surface area (Å²) < 4.78 is 5.25. The molecule has 19 heavy (non-hydrogen) atoms. The molecule has 7 nitrogen and oxygen atoms in total. The molecule has 0 saturated carbocycles. The highest BCUT2D eigenvalue weighted by Gasteiger charge is 2.26. The summed E-state index contributed by atoms with van der Waals surface area (Å²) in [5.74, 6) is 0.703. The van der Waals surface area contributed by atoms with Crippen molar-refractivity contribution in [3.8, 4) is 5.88 Å². The second kappa shape index (κ2) is 6.67. The number of hydrogen-bond acceptors (Lipinski definition) is 6. The smallest absolute Gasteiger partial charge is 0.372 e. The topological polar surface area (TPSA) is 90.2 Å². The van der Waals surface area contributed by atoms with Crippen molar-refractivity contribution in [1.82, 2.24) is 9.97 Å². The van der Waals surface area contributed by atoms with E-state index in [0.29, 0.717) is 19.0 Å². The van der Waals surface area contributed by atoms with Crippen LogP contribution in [0.25, 0.3) is 0 Å². The van der Waals surface area contributed by atoms with Gasteiger partial charge in [0.25, 0.3) is 5.88 Å². The first-order chi connectivity index (χ1) is 9.01. The zero-order valence-corrected chi connectivity index (χ0v) is 11.3. The molecule has 1 rings (SSSR count). The van der Waals surface area contributed by atoms with Crippen LogP contribution in [0.4, 0.5) is 11.5 Å². The second-order valence-corrected chi connectivity index (χ2v) is 4.10. The molecule has 104 valence electrons. The average Bonchev–Trinajstić information content (AvgIpc) is 2.35. The van der Waals surface area contributed by atoms with Crippen LogP contribution in [-0.2, 0) is 0 Å². The van der Waals surface area contributed by atoms with Crippen molar-refractivity contribution in [3.63, 3.8) is 0 Å². The first kappa shape index (κ1) is 14.9. The van der Waals surface area contributed by atoms with Crippen LogP contribution in [-0.4, -0.2) is 28.0 Å². The predicted octanol–water partition coefficient (Wildman–Crippen LogP) is 2.50. The summed E-state index contributed by atoms with van der Waals surface area (Å²) in [4.78, 5) is 18.9. The molecular weight excluding hydrogens is 248 g/mol. The minimum atomic E-state index is -0.541. The highest BCUT2D eigenvalue weighted by molar-refractivity contribution is 5.62. The lowest BCUT2D eigenvalue weighted by Gasteiger charge is -2.11. The summed E-state index contributed by atoms with van der Waals surface area (Å²) in [6.45, 7) is 9.81. The number of nitrogens with zero attached hydrogens (tertiary/aromatic N) is 3. The quantitative estimate of drug-likeness (QED) is 0.463. The monoisotopic (exact) mass is 266 g/mol. The van der Waals surface area contributed by atoms with E-state index in [1.54, 1.807) is 13.0 Å². The molecule has 0 unspecified atom stereocenters. The van der Waals surface area contributed by atoms with Gasteiger partial charge in [-0.05, 0) is 6.92 Å². The number of rotatable bonds is 7. The molecule has 0 amide bonds. The van der Waals surface area contributed by atoms with E-state index in [1.165, 1.54) is 0 Å². The van der Waals surface area contributed by atoms with Crippen molar-refractivity contribution in [2.45, 2.75) is 26.7 Å². The number of nitro groups is 1. The predicted molar refractivity (Wildman–Crippen MR) is 72.6 cm³/mol. The maximum Gasteiger partial charge on any atom is 0.372 e. The van der Waals surface area contributed by atoms with Gasteiger partial charge in [-0.3, -0.25) is 10.1 Å². The molecule has 0 radical (unpaired) electrons. The first-order valence-corrected chi connectivity index (χ1v) is 6.05. The molecule has 0 aliphatic rings. The van der Waals surface area contributed by atoms with Crippen molar-refractivity contribution in [3.05, 3.63) is 28.6 Å². The molecule has 0 aliphatic carbocycles. The molecule has 7 heteroatoms. The Labute approximate surface area is 111 Å². The molecule has 0 spiro atoms. The number of hydrogen-bond donors (Lipinski definition) is 1. The number of nitrogens with one attached hydrogen (secondary N) is 1. The molecule has 0 aliphatic heterocycles. The Hall–Kier alpha value is -2.18. The van der Waals surface area contributed by atoms with Crippen molar-refractivity contribution in [2.75, 3.05) is 18.5 Å². The Morgan fingerprint density at radius 2 is 2.21 bits per heavy atom. The summed E-state index contributed by atoms with van der Waals surface area (Å²) in [7, 11) is 0. The maximum absolute atomic E-state index is 11.1. The Kier molecular flexibility index (Phi) is 5.23. The van der Waals surface area contributed by atoms with Crippen LogP contribution in [0.5, 0.6) is 5.88 Å². The van der Waals surface area contributed by atoms with Gasteiger partial charge in [0, 0.05) is 12.5 Å². The van der Waals surface area contributed by atoms with Gasteiger partial charge in [-0.1, -0.05) is 19.9 Å². The Morgan fingerprint density at radius 3 is 2.68 bits per heavy atom. The fraction of sp³-hybridized carbons (Fsp3) is 0.500. The third kappa shape index (κ3) is 3.64. The molecule has 0 bridgehead atoms. The van der Waals surface area contributed by atoms with E-state index >= 15 is 0 Å². The third-order valence-corrected chi connectivity index (χ3v) is 2.26.